The van der Waals surface area contributed by atoms with E-state index in [0.717, 1.165) is 24.8 Å². The molecule has 0 radical (unpaired) electrons. The van der Waals surface area contributed by atoms with E-state index in [1.54, 1.807) is 0 Å². The third-order valence-corrected chi connectivity index (χ3v) is 6.41. The molecule has 0 aliphatic heterocycles. The van der Waals surface area contributed by atoms with Crippen LogP contribution in [0.25, 0.3) is 11.4 Å². The Kier molecular flexibility index (Phi) is 13.7. The number of halogens is 1. The number of benzene rings is 1. The van der Waals surface area contributed by atoms with Crippen molar-refractivity contribution in [1.82, 2.24) is 9.97 Å². The molecule has 33 heavy (non-hydrogen) atoms. The minimum Gasteiger partial charge on any atom is -0.491 e. The summed E-state index contributed by atoms with van der Waals surface area (Å²) in [5, 5.41) is 0. The van der Waals surface area contributed by atoms with Crippen molar-refractivity contribution in [2.75, 3.05) is 6.61 Å². The third kappa shape index (κ3) is 11.1. The zero-order chi connectivity index (χ0) is 23.7. The Morgan fingerprint density at radius 3 is 1.94 bits per heavy atom. The van der Waals surface area contributed by atoms with Crippen LogP contribution in [0.1, 0.15) is 103 Å². The quantitative estimate of drug-likeness (QED) is 0.210. The molecule has 1 aromatic carbocycles. The van der Waals surface area contributed by atoms with Gasteiger partial charge >= 0.3 is 0 Å². The lowest BCUT2D eigenvalue weighted by molar-refractivity contribution is 0.142. The highest BCUT2D eigenvalue weighted by atomic mass is 19.1. The van der Waals surface area contributed by atoms with E-state index in [2.05, 4.69) is 23.8 Å². The molecule has 3 nitrogen and oxygen atoms in total. The van der Waals surface area contributed by atoms with Gasteiger partial charge in [0.2, 0.25) is 0 Å². The largest absolute Gasteiger partial charge is 0.491 e. The Labute approximate surface area is 201 Å². The SMILES string of the molecule is CCCCCCCCCCCCc1cnc(-c2ccc(OCC(F)C(C)CCC)cc2)nc1. The van der Waals surface area contributed by atoms with Crippen LogP contribution in [0, 0.1) is 5.92 Å². The van der Waals surface area contributed by atoms with Crippen LogP contribution < -0.4 is 4.74 Å². The molecule has 0 bridgehead atoms. The van der Waals surface area contributed by atoms with E-state index in [1.807, 2.05) is 43.6 Å². The number of hydrogen-bond donors (Lipinski definition) is 0. The summed E-state index contributed by atoms with van der Waals surface area (Å²) >= 11 is 0. The molecule has 0 amide bonds. The van der Waals surface area contributed by atoms with Gasteiger partial charge in [-0.15, -0.1) is 0 Å². The first kappa shape index (κ1) is 27.3. The molecule has 1 heterocycles. The number of rotatable bonds is 18. The lowest BCUT2D eigenvalue weighted by Crippen LogP contribution is -2.20. The molecule has 184 valence electrons. The zero-order valence-corrected chi connectivity index (χ0v) is 21.2. The first-order valence-electron chi connectivity index (χ1n) is 13.3. The van der Waals surface area contributed by atoms with E-state index in [0.29, 0.717) is 11.6 Å². The topological polar surface area (TPSA) is 35.0 Å². The van der Waals surface area contributed by atoms with E-state index >= 15 is 0 Å². The van der Waals surface area contributed by atoms with Crippen LogP contribution in [0.5, 0.6) is 5.75 Å². The summed E-state index contributed by atoms with van der Waals surface area (Å²) in [5.74, 6) is 1.43. The number of aromatic nitrogens is 2. The van der Waals surface area contributed by atoms with Gasteiger partial charge in [-0.1, -0.05) is 85.0 Å². The first-order valence-corrected chi connectivity index (χ1v) is 13.3. The molecule has 2 rings (SSSR count). The summed E-state index contributed by atoms with van der Waals surface area (Å²) in [4.78, 5) is 9.10. The van der Waals surface area contributed by atoms with Crippen molar-refractivity contribution in [1.29, 1.82) is 0 Å². The molecule has 0 saturated heterocycles. The number of hydrogen-bond acceptors (Lipinski definition) is 3. The van der Waals surface area contributed by atoms with Gasteiger partial charge in [-0.2, -0.15) is 0 Å². The van der Waals surface area contributed by atoms with Gasteiger partial charge in [-0.05, 0) is 55.0 Å². The second kappa shape index (κ2) is 16.6. The summed E-state index contributed by atoms with van der Waals surface area (Å²) in [5.41, 5.74) is 2.15. The predicted molar refractivity (Wildman–Crippen MR) is 137 cm³/mol. The number of aryl methyl sites for hydroxylation is 1. The zero-order valence-electron chi connectivity index (χ0n) is 21.2. The van der Waals surface area contributed by atoms with Gasteiger partial charge in [-0.3, -0.25) is 0 Å². The Bertz CT molecular complexity index is 732. The third-order valence-electron chi connectivity index (χ3n) is 6.41. The Morgan fingerprint density at radius 2 is 1.36 bits per heavy atom. The van der Waals surface area contributed by atoms with Crippen molar-refractivity contribution >= 4 is 0 Å². The molecule has 1 aromatic heterocycles. The van der Waals surface area contributed by atoms with E-state index < -0.39 is 6.17 Å². The Balaban J connectivity index is 1.65. The maximum Gasteiger partial charge on any atom is 0.159 e. The highest BCUT2D eigenvalue weighted by molar-refractivity contribution is 5.55. The average molecular weight is 457 g/mol. The molecule has 0 N–H and O–H groups in total. The summed E-state index contributed by atoms with van der Waals surface area (Å²) in [6.45, 7) is 6.39. The number of nitrogens with zero attached hydrogens (tertiary/aromatic N) is 2. The molecule has 0 fully saturated rings. The summed E-state index contributed by atoms with van der Waals surface area (Å²) in [6.07, 6.45) is 19.4. The second-order valence-electron chi connectivity index (χ2n) is 9.46. The highest BCUT2D eigenvalue weighted by Gasteiger charge is 2.16. The normalized spacial score (nSPS) is 13.1. The summed E-state index contributed by atoms with van der Waals surface area (Å²) in [7, 11) is 0. The van der Waals surface area contributed by atoms with E-state index in [1.165, 1.54) is 69.8 Å². The van der Waals surface area contributed by atoms with Crippen molar-refractivity contribution in [3.05, 3.63) is 42.2 Å². The van der Waals surface area contributed by atoms with Gasteiger partial charge in [0.25, 0.3) is 0 Å². The molecule has 0 aliphatic carbocycles. The lowest BCUT2D eigenvalue weighted by Gasteiger charge is -2.16. The molecule has 2 aromatic rings. The predicted octanol–water partition coefficient (Wildman–Crippen LogP) is 8.76. The molecule has 0 aliphatic rings. The van der Waals surface area contributed by atoms with E-state index in [4.69, 9.17) is 4.74 Å². The number of alkyl halides is 1. The van der Waals surface area contributed by atoms with Crippen LogP contribution in [0.4, 0.5) is 4.39 Å². The molecular weight excluding hydrogens is 411 g/mol. The molecule has 0 saturated carbocycles. The van der Waals surface area contributed by atoms with Gasteiger partial charge < -0.3 is 4.74 Å². The van der Waals surface area contributed by atoms with Crippen LogP contribution in [0.15, 0.2) is 36.7 Å². The maximum atomic E-state index is 14.1. The maximum absolute atomic E-state index is 14.1. The van der Waals surface area contributed by atoms with Gasteiger partial charge in [-0.25, -0.2) is 14.4 Å². The van der Waals surface area contributed by atoms with Crippen molar-refractivity contribution < 1.29 is 9.13 Å². The van der Waals surface area contributed by atoms with Crippen molar-refractivity contribution in [2.45, 2.75) is 110 Å². The molecule has 2 unspecified atom stereocenters. The van der Waals surface area contributed by atoms with Crippen molar-refractivity contribution in [2.24, 2.45) is 5.92 Å². The summed E-state index contributed by atoms with van der Waals surface area (Å²) in [6, 6.07) is 7.62. The van der Waals surface area contributed by atoms with E-state index in [9.17, 15) is 4.39 Å². The van der Waals surface area contributed by atoms with Crippen molar-refractivity contribution in [3.63, 3.8) is 0 Å². The second-order valence-corrected chi connectivity index (χ2v) is 9.46. The van der Waals surface area contributed by atoms with Crippen LogP contribution >= 0.6 is 0 Å². The average Bonchev–Trinajstić information content (AvgIpc) is 2.84. The molecule has 0 spiro atoms. The van der Waals surface area contributed by atoms with Crippen LogP contribution in [0.2, 0.25) is 0 Å². The van der Waals surface area contributed by atoms with Crippen molar-refractivity contribution in [3.8, 4) is 17.1 Å². The molecule has 4 heteroatoms. The summed E-state index contributed by atoms with van der Waals surface area (Å²) < 4.78 is 19.8. The van der Waals surface area contributed by atoms with Crippen LogP contribution in [0.3, 0.4) is 0 Å². The van der Waals surface area contributed by atoms with Gasteiger partial charge in [0.1, 0.15) is 18.5 Å². The van der Waals surface area contributed by atoms with Gasteiger partial charge in [0.05, 0.1) is 0 Å². The van der Waals surface area contributed by atoms with Gasteiger partial charge in [0, 0.05) is 18.0 Å². The number of ether oxygens (including phenoxy) is 1. The smallest absolute Gasteiger partial charge is 0.159 e. The Morgan fingerprint density at radius 1 is 0.788 bits per heavy atom. The van der Waals surface area contributed by atoms with E-state index in [-0.39, 0.29) is 12.5 Å². The molecular formula is C29H45FN2O. The van der Waals surface area contributed by atoms with Gasteiger partial charge in [0.15, 0.2) is 5.82 Å². The fraction of sp³-hybridized carbons (Fsp3) is 0.655. The number of unbranched alkanes of at least 4 members (excludes halogenated alkanes) is 9. The monoisotopic (exact) mass is 456 g/mol. The minimum absolute atomic E-state index is 0.0292. The van der Waals surface area contributed by atoms with Crippen LogP contribution in [-0.4, -0.2) is 22.7 Å². The molecule has 2 atom stereocenters. The fourth-order valence-electron chi connectivity index (χ4n) is 4.13. The highest BCUT2D eigenvalue weighted by Crippen LogP contribution is 2.21. The minimum atomic E-state index is -0.934. The fourth-order valence-corrected chi connectivity index (χ4v) is 4.13. The lowest BCUT2D eigenvalue weighted by atomic mass is 10.0. The standard InChI is InChI=1S/C29H45FN2O/c1-4-6-7-8-9-10-11-12-13-14-16-25-21-31-29(32-22-25)26-17-19-27(20-18-26)33-23-28(30)24(3)15-5-2/h17-22,24,28H,4-16,23H2,1-3H3. The first-order chi connectivity index (χ1) is 16.1. The Hall–Kier alpha value is -1.97. The van der Waals surface area contributed by atoms with Crippen LogP contribution in [-0.2, 0) is 6.42 Å².